The molecule has 0 aliphatic heterocycles. The first kappa shape index (κ1) is 16.6. The van der Waals surface area contributed by atoms with Crippen molar-refractivity contribution in [2.45, 2.75) is 0 Å². The van der Waals surface area contributed by atoms with E-state index in [1.165, 1.54) is 32.4 Å². The molecule has 2 aromatic rings. The number of carbonyl (C=O) groups is 2. The third-order valence-corrected chi connectivity index (χ3v) is 3.48. The van der Waals surface area contributed by atoms with Crippen molar-refractivity contribution in [3.05, 3.63) is 52.5 Å². The van der Waals surface area contributed by atoms with E-state index in [2.05, 4.69) is 5.32 Å². The Hall–Kier alpha value is -2.73. The van der Waals surface area contributed by atoms with Gasteiger partial charge in [0.1, 0.15) is 11.5 Å². The number of ether oxygens (including phenoxy) is 2. The number of hydrogen-bond donors (Lipinski definition) is 2. The van der Waals surface area contributed by atoms with Crippen LogP contribution >= 0.6 is 11.6 Å². The fraction of sp³-hybridized carbons (Fsp3) is 0.125. The minimum Gasteiger partial charge on any atom is -0.497 e. The Labute approximate surface area is 138 Å². The molecule has 0 bridgehead atoms. The summed E-state index contributed by atoms with van der Waals surface area (Å²) in [7, 11) is 2.93. The van der Waals surface area contributed by atoms with Gasteiger partial charge in [0.05, 0.1) is 30.5 Å². The first-order valence-electron chi connectivity index (χ1n) is 6.59. The number of hydrogen-bond acceptors (Lipinski definition) is 4. The Balaban J connectivity index is 2.37. The lowest BCUT2D eigenvalue weighted by molar-refractivity contribution is 0.1000. The standard InChI is InChI=1S/C16H15ClN2O4/c1-22-10-4-5-12(17)13(8-10)19-16(21)11-7-9(15(18)20)3-6-14(11)23-2/h3-8H,1-2H3,(H2,18,20)(H,19,21). The second-order valence-corrected chi connectivity index (χ2v) is 4.99. The minimum atomic E-state index is -0.638. The number of nitrogens with one attached hydrogen (secondary N) is 1. The minimum absolute atomic E-state index is 0.169. The van der Waals surface area contributed by atoms with Crippen LogP contribution in [-0.2, 0) is 0 Å². The van der Waals surface area contributed by atoms with E-state index >= 15 is 0 Å². The van der Waals surface area contributed by atoms with Gasteiger partial charge in [-0.3, -0.25) is 9.59 Å². The van der Waals surface area contributed by atoms with Crippen molar-refractivity contribution in [1.29, 1.82) is 0 Å². The predicted octanol–water partition coefficient (Wildman–Crippen LogP) is 2.71. The molecule has 0 aliphatic rings. The normalized spacial score (nSPS) is 10.0. The number of halogens is 1. The zero-order valence-corrected chi connectivity index (χ0v) is 13.3. The molecule has 0 fully saturated rings. The lowest BCUT2D eigenvalue weighted by atomic mass is 10.1. The summed E-state index contributed by atoms with van der Waals surface area (Å²) in [5.74, 6) is -0.268. The molecule has 7 heteroatoms. The van der Waals surface area contributed by atoms with E-state index in [0.717, 1.165) is 0 Å². The monoisotopic (exact) mass is 334 g/mol. The summed E-state index contributed by atoms with van der Waals surface area (Å²) in [6.45, 7) is 0. The Kier molecular flexibility index (Phi) is 5.08. The average molecular weight is 335 g/mol. The van der Waals surface area contributed by atoms with Gasteiger partial charge in [0, 0.05) is 11.6 Å². The van der Waals surface area contributed by atoms with Crippen LogP contribution in [0.1, 0.15) is 20.7 Å². The van der Waals surface area contributed by atoms with E-state index in [9.17, 15) is 9.59 Å². The molecule has 0 atom stereocenters. The maximum atomic E-state index is 12.5. The van der Waals surface area contributed by atoms with Crippen molar-refractivity contribution in [2.75, 3.05) is 19.5 Å². The number of primary amides is 1. The van der Waals surface area contributed by atoms with Gasteiger partial charge >= 0.3 is 0 Å². The molecular weight excluding hydrogens is 320 g/mol. The van der Waals surface area contributed by atoms with Gasteiger partial charge in [-0.05, 0) is 30.3 Å². The Morgan fingerprint density at radius 3 is 2.43 bits per heavy atom. The average Bonchev–Trinajstić information content (AvgIpc) is 2.56. The molecule has 0 spiro atoms. The van der Waals surface area contributed by atoms with E-state index < -0.39 is 11.8 Å². The van der Waals surface area contributed by atoms with Crippen LogP contribution in [0, 0.1) is 0 Å². The first-order chi connectivity index (χ1) is 11.0. The van der Waals surface area contributed by atoms with Gasteiger partial charge < -0.3 is 20.5 Å². The summed E-state index contributed by atoms with van der Waals surface area (Å²) in [5.41, 5.74) is 5.99. The van der Waals surface area contributed by atoms with E-state index in [4.69, 9.17) is 26.8 Å². The molecule has 2 amide bonds. The summed E-state index contributed by atoms with van der Waals surface area (Å²) in [6, 6.07) is 9.22. The van der Waals surface area contributed by atoms with Crippen molar-refractivity contribution in [1.82, 2.24) is 0 Å². The molecule has 6 nitrogen and oxygen atoms in total. The fourth-order valence-corrected chi connectivity index (χ4v) is 2.12. The third kappa shape index (κ3) is 3.73. The smallest absolute Gasteiger partial charge is 0.259 e. The van der Waals surface area contributed by atoms with E-state index in [0.29, 0.717) is 22.2 Å². The highest BCUT2D eigenvalue weighted by Crippen LogP contribution is 2.28. The van der Waals surface area contributed by atoms with Crippen molar-refractivity contribution >= 4 is 29.1 Å². The second-order valence-electron chi connectivity index (χ2n) is 4.58. The summed E-state index contributed by atoms with van der Waals surface area (Å²) < 4.78 is 10.2. The van der Waals surface area contributed by atoms with Gasteiger partial charge in [-0.25, -0.2) is 0 Å². The van der Waals surface area contributed by atoms with Crippen LogP contribution in [0.15, 0.2) is 36.4 Å². The van der Waals surface area contributed by atoms with Crippen LogP contribution in [0.4, 0.5) is 5.69 Å². The molecule has 0 unspecified atom stereocenters. The van der Waals surface area contributed by atoms with E-state index in [1.54, 1.807) is 18.2 Å². The number of benzene rings is 2. The number of rotatable bonds is 5. The topological polar surface area (TPSA) is 90.6 Å². The molecule has 2 aromatic carbocycles. The summed E-state index contributed by atoms with van der Waals surface area (Å²) >= 11 is 6.06. The van der Waals surface area contributed by atoms with Crippen LogP contribution in [0.5, 0.6) is 11.5 Å². The zero-order valence-electron chi connectivity index (χ0n) is 12.6. The first-order valence-corrected chi connectivity index (χ1v) is 6.96. The van der Waals surface area contributed by atoms with Crippen molar-refractivity contribution in [3.8, 4) is 11.5 Å². The van der Waals surface area contributed by atoms with Crippen molar-refractivity contribution in [2.24, 2.45) is 5.73 Å². The maximum Gasteiger partial charge on any atom is 0.259 e. The van der Waals surface area contributed by atoms with Gasteiger partial charge in [0.2, 0.25) is 5.91 Å². The maximum absolute atomic E-state index is 12.5. The number of nitrogens with two attached hydrogens (primary N) is 1. The third-order valence-electron chi connectivity index (χ3n) is 3.15. The molecular formula is C16H15ClN2O4. The summed E-state index contributed by atoms with van der Waals surface area (Å²) in [6.07, 6.45) is 0. The Morgan fingerprint density at radius 1 is 1.09 bits per heavy atom. The molecule has 0 radical (unpaired) electrons. The van der Waals surface area contributed by atoms with E-state index in [1.807, 2.05) is 0 Å². The van der Waals surface area contributed by atoms with Gasteiger partial charge in [-0.1, -0.05) is 11.6 Å². The van der Waals surface area contributed by atoms with Crippen molar-refractivity contribution < 1.29 is 19.1 Å². The van der Waals surface area contributed by atoms with Crippen LogP contribution in [-0.4, -0.2) is 26.0 Å². The highest BCUT2D eigenvalue weighted by molar-refractivity contribution is 6.34. The van der Waals surface area contributed by atoms with Crippen LogP contribution < -0.4 is 20.5 Å². The van der Waals surface area contributed by atoms with Gasteiger partial charge in [0.15, 0.2) is 0 Å². The van der Waals surface area contributed by atoms with Crippen molar-refractivity contribution in [3.63, 3.8) is 0 Å². The number of carbonyl (C=O) groups excluding carboxylic acids is 2. The predicted molar refractivity (Wildman–Crippen MR) is 87.5 cm³/mol. The molecule has 3 N–H and O–H groups in total. The number of amides is 2. The lowest BCUT2D eigenvalue weighted by Gasteiger charge is -2.12. The van der Waals surface area contributed by atoms with Gasteiger partial charge in [-0.15, -0.1) is 0 Å². The molecule has 120 valence electrons. The molecule has 0 aromatic heterocycles. The van der Waals surface area contributed by atoms with E-state index in [-0.39, 0.29) is 11.1 Å². The van der Waals surface area contributed by atoms with Crippen LogP contribution in [0.3, 0.4) is 0 Å². The molecule has 0 heterocycles. The quantitative estimate of drug-likeness (QED) is 0.879. The molecule has 0 saturated heterocycles. The van der Waals surface area contributed by atoms with Crippen LogP contribution in [0.25, 0.3) is 0 Å². The number of methoxy groups -OCH3 is 2. The SMILES string of the molecule is COc1ccc(Cl)c(NC(=O)c2cc(C(N)=O)ccc2OC)c1. The lowest BCUT2D eigenvalue weighted by Crippen LogP contribution is -2.16. The highest BCUT2D eigenvalue weighted by Gasteiger charge is 2.16. The second kappa shape index (κ2) is 7.02. The summed E-state index contributed by atoms with van der Waals surface area (Å²) in [5, 5.41) is 3.01. The Bertz CT molecular complexity index is 762. The van der Waals surface area contributed by atoms with Gasteiger partial charge in [-0.2, -0.15) is 0 Å². The molecule has 0 aliphatic carbocycles. The summed E-state index contributed by atoms with van der Waals surface area (Å²) in [4.78, 5) is 23.8. The molecule has 23 heavy (non-hydrogen) atoms. The fourth-order valence-electron chi connectivity index (χ4n) is 1.96. The largest absolute Gasteiger partial charge is 0.497 e. The highest BCUT2D eigenvalue weighted by atomic mass is 35.5. The van der Waals surface area contributed by atoms with Crippen LogP contribution in [0.2, 0.25) is 5.02 Å². The molecule has 2 rings (SSSR count). The Morgan fingerprint density at radius 2 is 1.83 bits per heavy atom. The zero-order chi connectivity index (χ0) is 17.0. The number of anilines is 1. The van der Waals surface area contributed by atoms with Gasteiger partial charge in [0.25, 0.3) is 5.91 Å². The molecule has 0 saturated carbocycles.